The number of halogens is 2. The van der Waals surface area contributed by atoms with Crippen molar-refractivity contribution in [2.45, 2.75) is 182 Å². The third kappa shape index (κ3) is 20.6. The van der Waals surface area contributed by atoms with Crippen molar-refractivity contribution >= 4 is 46.9 Å². The minimum absolute atomic E-state index is 0. The number of Topliss-reactive ketones (excluding diaryl/α,β-unsaturated/α-hetero) is 1. The number of carbonyl (C=O) groups excluding carboxylic acids is 4. The minimum atomic E-state index is -1.96. The fourth-order valence-electron chi connectivity index (χ4n) is 6.00. The van der Waals surface area contributed by atoms with Crippen LogP contribution in [0.2, 0.25) is 0 Å². The van der Waals surface area contributed by atoms with Gasteiger partial charge in [-0.1, -0.05) is 14.4 Å². The summed E-state index contributed by atoms with van der Waals surface area (Å²) in [4.78, 5) is 46.1. The Bertz CT molecular complexity index is 1370. The van der Waals surface area contributed by atoms with Crippen molar-refractivity contribution in [3.8, 4) is 0 Å². The summed E-state index contributed by atoms with van der Waals surface area (Å²) in [6.45, 7) is -0.136. The molecule has 0 amide bonds. The lowest BCUT2D eigenvalue weighted by molar-refractivity contribution is -0.358. The predicted octanol–water partition coefficient (Wildman–Crippen LogP) is -4.64. The van der Waals surface area contributed by atoms with E-state index < -0.39 is 160 Å². The van der Waals surface area contributed by atoms with Crippen molar-refractivity contribution in [1.29, 1.82) is 0 Å². The second-order valence-electron chi connectivity index (χ2n) is 15.3. The first-order valence-electron chi connectivity index (χ1n) is 20.6. The number of ketones is 1. The maximum Gasteiger partial charge on any atom is 0.305 e. The first-order valence-corrected chi connectivity index (χ1v) is 21.5. The van der Waals surface area contributed by atoms with Crippen LogP contribution in [0, 0.1) is 0 Å². The van der Waals surface area contributed by atoms with Gasteiger partial charge >= 0.3 is 17.9 Å². The Balaban J connectivity index is 0.00000157. The van der Waals surface area contributed by atoms with Crippen LogP contribution in [0.3, 0.4) is 0 Å². The number of alkyl halides is 2. The highest BCUT2D eigenvalue weighted by atomic mass is 35.5. The molecular weight excluding hydrogens is 923 g/mol. The molecule has 0 aromatic rings. The molecular formula is C39H70Cl2O24. The molecule has 2 fully saturated rings. The van der Waals surface area contributed by atoms with Gasteiger partial charge in [-0.15, -0.1) is 23.2 Å². The molecule has 24 nitrogen and oxygen atoms in total. The summed E-state index contributed by atoms with van der Waals surface area (Å²) < 4.78 is 31.5. The molecule has 2 rings (SSSR count). The molecule has 0 aliphatic carbocycles. The van der Waals surface area contributed by atoms with E-state index >= 15 is 0 Å². The van der Waals surface area contributed by atoms with Crippen LogP contribution in [0.5, 0.6) is 0 Å². The number of aliphatic hydroxyl groups is 14. The van der Waals surface area contributed by atoms with Gasteiger partial charge in [-0.3, -0.25) is 14.4 Å². The van der Waals surface area contributed by atoms with Crippen molar-refractivity contribution < 1.29 is 119 Å². The highest BCUT2D eigenvalue weighted by Gasteiger charge is 2.58. The SMILES string of the molecule is C.CC(=O)CCCCC(=O)OC[C@@H](O)[C@@H](O)[C@H](O)[C@H](O)CO.CC[C@H]1O[C@@](CCl)(O[C@H]2OC(COC(=O)CCCCC(=O)OC[C@@H](O)[C@@H](O)[C@H](O)[C@H](O)CO)[C@H](Cl)[C@H](O)C2O)[C@H](O)C1O. The van der Waals surface area contributed by atoms with E-state index in [-0.39, 0.29) is 45.3 Å². The van der Waals surface area contributed by atoms with Gasteiger partial charge in [0.05, 0.1) is 30.6 Å². The fourth-order valence-corrected chi connectivity index (χ4v) is 6.56. The molecule has 384 valence electrons. The molecule has 0 radical (unpaired) electrons. The van der Waals surface area contributed by atoms with Crippen LogP contribution in [-0.4, -0.2) is 237 Å². The zero-order valence-corrected chi connectivity index (χ0v) is 37.0. The quantitative estimate of drug-likeness (QED) is 0.0152. The lowest BCUT2D eigenvalue weighted by Crippen LogP contribution is -2.61. The van der Waals surface area contributed by atoms with Crippen LogP contribution >= 0.6 is 23.2 Å². The largest absolute Gasteiger partial charge is 0.463 e. The number of aliphatic hydroxyl groups excluding tert-OH is 14. The number of unbranched alkanes of at least 4 members (excludes halogenated alkanes) is 2. The Morgan fingerprint density at radius 3 is 1.43 bits per heavy atom. The average Bonchev–Trinajstić information content (AvgIpc) is 3.53. The van der Waals surface area contributed by atoms with E-state index in [4.69, 9.17) is 66.9 Å². The second kappa shape index (κ2) is 31.9. The summed E-state index contributed by atoms with van der Waals surface area (Å²) in [7, 11) is 0. The van der Waals surface area contributed by atoms with Gasteiger partial charge in [-0.05, 0) is 39.0 Å². The highest BCUT2D eigenvalue weighted by molar-refractivity contribution is 6.21. The van der Waals surface area contributed by atoms with Gasteiger partial charge in [0.2, 0.25) is 5.79 Å². The summed E-state index contributed by atoms with van der Waals surface area (Å²) in [5.41, 5.74) is 0. The second-order valence-corrected chi connectivity index (χ2v) is 16.1. The summed E-state index contributed by atoms with van der Waals surface area (Å²) in [5, 5.41) is 134. The summed E-state index contributed by atoms with van der Waals surface area (Å²) in [6.07, 6.45) is -21.7. The van der Waals surface area contributed by atoms with E-state index in [1.54, 1.807) is 6.92 Å². The van der Waals surface area contributed by atoms with Gasteiger partial charge in [0.1, 0.15) is 105 Å². The van der Waals surface area contributed by atoms with E-state index in [9.17, 15) is 75.3 Å². The molecule has 14 N–H and O–H groups in total. The molecule has 65 heavy (non-hydrogen) atoms. The Labute approximate surface area is 386 Å². The zero-order valence-electron chi connectivity index (χ0n) is 35.4. The van der Waals surface area contributed by atoms with Gasteiger partial charge in [0, 0.05) is 25.7 Å². The smallest absolute Gasteiger partial charge is 0.305 e. The number of rotatable bonds is 28. The summed E-state index contributed by atoms with van der Waals surface area (Å²) in [6, 6.07) is 0. The number of carbonyl (C=O) groups is 4. The monoisotopic (exact) mass is 992 g/mol. The number of esters is 3. The Hall–Kier alpha value is -2.02. The molecule has 26 heteroatoms. The van der Waals surface area contributed by atoms with Crippen LogP contribution in [0.25, 0.3) is 0 Å². The van der Waals surface area contributed by atoms with E-state index in [2.05, 4.69) is 0 Å². The van der Waals surface area contributed by atoms with Crippen LogP contribution in [0.1, 0.15) is 79.1 Å². The van der Waals surface area contributed by atoms with Gasteiger partial charge in [0.25, 0.3) is 0 Å². The van der Waals surface area contributed by atoms with E-state index in [0.29, 0.717) is 25.7 Å². The minimum Gasteiger partial charge on any atom is -0.463 e. The maximum atomic E-state index is 12.2. The number of ether oxygens (including phenoxy) is 6. The van der Waals surface area contributed by atoms with Crippen LogP contribution in [-0.2, 0) is 47.6 Å². The molecule has 2 heterocycles. The van der Waals surface area contributed by atoms with Crippen molar-refractivity contribution in [2.24, 2.45) is 0 Å². The molecule has 2 aliphatic rings. The molecule has 0 spiro atoms. The van der Waals surface area contributed by atoms with Gasteiger partial charge < -0.3 is 105 Å². The number of hydrogen-bond acceptors (Lipinski definition) is 24. The Morgan fingerprint density at radius 1 is 0.631 bits per heavy atom. The van der Waals surface area contributed by atoms with E-state index in [0.717, 1.165) is 0 Å². The first kappa shape index (κ1) is 63.0. The highest BCUT2D eigenvalue weighted by Crippen LogP contribution is 2.38. The van der Waals surface area contributed by atoms with E-state index in [1.807, 2.05) is 0 Å². The molecule has 2 aliphatic heterocycles. The summed E-state index contributed by atoms with van der Waals surface area (Å²) >= 11 is 12.2. The lowest BCUT2D eigenvalue weighted by Gasteiger charge is -2.43. The third-order valence-corrected chi connectivity index (χ3v) is 11.0. The van der Waals surface area contributed by atoms with Gasteiger partial charge in [0.15, 0.2) is 6.29 Å². The third-order valence-electron chi connectivity index (χ3n) is 10.1. The average molecular weight is 994 g/mol. The number of hydrogen-bond donors (Lipinski definition) is 14. The van der Waals surface area contributed by atoms with Crippen LogP contribution < -0.4 is 0 Å². The first-order chi connectivity index (χ1) is 30.0. The lowest BCUT2D eigenvalue weighted by atomic mass is 10.0. The Morgan fingerprint density at radius 2 is 1.05 bits per heavy atom. The molecule has 3 unspecified atom stereocenters. The van der Waals surface area contributed by atoms with Crippen molar-refractivity contribution in [1.82, 2.24) is 0 Å². The molecule has 2 saturated heterocycles. The van der Waals surface area contributed by atoms with Crippen LogP contribution in [0.4, 0.5) is 0 Å². The normalized spacial score (nSPS) is 29.0. The van der Waals surface area contributed by atoms with Gasteiger partial charge in [-0.25, -0.2) is 0 Å². The van der Waals surface area contributed by atoms with Crippen molar-refractivity contribution in [3.63, 3.8) is 0 Å². The molecule has 0 aromatic heterocycles. The topological polar surface area (TPSA) is 407 Å². The zero-order chi connectivity index (χ0) is 48.9. The fraction of sp³-hybridized carbons (Fsp3) is 0.897. The van der Waals surface area contributed by atoms with Crippen molar-refractivity contribution in [3.05, 3.63) is 0 Å². The summed E-state index contributed by atoms with van der Waals surface area (Å²) in [5.74, 6) is -4.44. The molecule has 0 bridgehead atoms. The van der Waals surface area contributed by atoms with Gasteiger partial charge in [-0.2, -0.15) is 0 Å². The molecule has 0 aromatic carbocycles. The standard InChI is InChI=1S/C25H42Cl2O16.C13H24O8.CH4/c1-2-13-20(35)23(38)25(10-26,42-13)43-24-22(37)21(36)17(27)14(41-24)9-40-16(32)6-4-3-5-15(31)39-8-12(30)19(34)18(33)11(29)7-28;1-8(15)4-2-3-5-11(18)21-7-10(17)13(20)12(19)9(16)6-14;/h11-14,17-24,28-30,33-38H,2-10H2,1H3;9-10,12-14,16-17,19-20H,2-7H2,1H3;1H4/t11-,12-,13-,14?,17+,18-,19-,20?,21+,22?,23-,24-,25+;9-,10-,12-,13-;/m11./s1. The molecule has 17 atom stereocenters. The van der Waals surface area contributed by atoms with E-state index in [1.165, 1.54) is 6.92 Å². The maximum absolute atomic E-state index is 12.2. The van der Waals surface area contributed by atoms with Crippen molar-refractivity contribution in [2.75, 3.05) is 38.9 Å². The molecule has 0 saturated carbocycles. The van der Waals surface area contributed by atoms with Crippen LogP contribution in [0.15, 0.2) is 0 Å². The predicted molar refractivity (Wildman–Crippen MR) is 221 cm³/mol. The Kier molecular flexibility index (Phi) is 30.9.